The van der Waals surface area contributed by atoms with Crippen molar-refractivity contribution in [3.05, 3.63) is 24.3 Å². The minimum Gasteiger partial charge on any atom is -0.462 e. The lowest BCUT2D eigenvalue weighted by Gasteiger charge is -2.24. The van der Waals surface area contributed by atoms with E-state index in [1.807, 2.05) is 21.1 Å². The van der Waals surface area contributed by atoms with Crippen molar-refractivity contribution in [3.8, 4) is 0 Å². The van der Waals surface area contributed by atoms with Crippen LogP contribution in [0.2, 0.25) is 0 Å². The van der Waals surface area contributed by atoms with Gasteiger partial charge in [-0.25, -0.2) is 4.57 Å². The summed E-state index contributed by atoms with van der Waals surface area (Å²) in [7, 11) is 1.48. The van der Waals surface area contributed by atoms with Gasteiger partial charge in [0.1, 0.15) is 19.8 Å². The van der Waals surface area contributed by atoms with Gasteiger partial charge in [0.15, 0.2) is 6.10 Å². The van der Waals surface area contributed by atoms with E-state index >= 15 is 0 Å². The van der Waals surface area contributed by atoms with E-state index in [0.29, 0.717) is 23.9 Å². The molecular weight excluding hydrogens is 1010 g/mol. The van der Waals surface area contributed by atoms with Crippen molar-refractivity contribution in [1.82, 2.24) is 0 Å². The van der Waals surface area contributed by atoms with E-state index in [1.165, 1.54) is 270 Å². The van der Waals surface area contributed by atoms with E-state index in [4.69, 9.17) is 18.5 Å². The van der Waals surface area contributed by atoms with Crippen molar-refractivity contribution in [3.63, 3.8) is 0 Å². The molecule has 10 heteroatoms. The van der Waals surface area contributed by atoms with Gasteiger partial charge in [-0.3, -0.25) is 18.6 Å². The van der Waals surface area contributed by atoms with Gasteiger partial charge < -0.3 is 18.9 Å². The zero-order chi connectivity index (χ0) is 58.4. The molecule has 9 nitrogen and oxygen atoms in total. The normalized spacial score (nSPS) is 13.2. The van der Waals surface area contributed by atoms with E-state index in [1.54, 1.807) is 0 Å². The van der Waals surface area contributed by atoms with Crippen LogP contribution in [0.1, 0.15) is 361 Å². The maximum Gasteiger partial charge on any atom is 0.472 e. The van der Waals surface area contributed by atoms with Crippen LogP contribution in [0.25, 0.3) is 0 Å². The number of nitrogens with zero attached hydrogens (tertiary/aromatic N) is 1. The average molecular weight is 1150 g/mol. The van der Waals surface area contributed by atoms with Gasteiger partial charge in [-0.2, -0.15) is 0 Å². The van der Waals surface area contributed by atoms with E-state index in [0.717, 1.165) is 57.8 Å². The quantitative estimate of drug-likeness (QED) is 0.0211. The second kappa shape index (κ2) is 62.0. The Bertz CT molecular complexity index is 1400. The van der Waals surface area contributed by atoms with Crippen molar-refractivity contribution in [2.75, 3.05) is 47.5 Å². The lowest BCUT2D eigenvalue weighted by atomic mass is 10.0. The van der Waals surface area contributed by atoms with Gasteiger partial charge in [0.25, 0.3) is 0 Å². The van der Waals surface area contributed by atoms with Crippen LogP contribution >= 0.6 is 7.82 Å². The maximum atomic E-state index is 12.8. The third-order valence-electron chi connectivity index (χ3n) is 16.0. The monoisotopic (exact) mass is 1150 g/mol. The number of esters is 2. The Balaban J connectivity index is 3.80. The van der Waals surface area contributed by atoms with Gasteiger partial charge in [0.05, 0.1) is 27.7 Å². The van der Waals surface area contributed by atoms with Crippen molar-refractivity contribution >= 4 is 19.8 Å². The topological polar surface area (TPSA) is 108 Å². The van der Waals surface area contributed by atoms with Gasteiger partial charge in [-0.15, -0.1) is 0 Å². The number of hydrogen-bond donors (Lipinski definition) is 1. The van der Waals surface area contributed by atoms with Gasteiger partial charge in [0, 0.05) is 12.8 Å². The summed E-state index contributed by atoms with van der Waals surface area (Å²) in [6.07, 6.45) is 77.5. The molecule has 0 aliphatic heterocycles. The number of unbranched alkanes of at least 4 members (excludes halogenated alkanes) is 48. The second-order valence-corrected chi connectivity index (χ2v) is 26.7. The van der Waals surface area contributed by atoms with Gasteiger partial charge in [-0.05, 0) is 44.9 Å². The number of likely N-dealkylation sites (N-methyl/N-ethyl adjacent to an activating group) is 1. The lowest BCUT2D eigenvalue weighted by Crippen LogP contribution is -2.37. The van der Waals surface area contributed by atoms with Crippen molar-refractivity contribution in [2.24, 2.45) is 0 Å². The Morgan fingerprint density at radius 1 is 0.388 bits per heavy atom. The third-order valence-corrected chi connectivity index (χ3v) is 17.0. The highest BCUT2D eigenvalue weighted by molar-refractivity contribution is 7.47. The molecule has 0 aromatic carbocycles. The fourth-order valence-corrected chi connectivity index (χ4v) is 11.3. The van der Waals surface area contributed by atoms with Crippen LogP contribution < -0.4 is 0 Å². The summed E-state index contributed by atoms with van der Waals surface area (Å²) in [5.41, 5.74) is 0. The first kappa shape index (κ1) is 78.5. The van der Waals surface area contributed by atoms with Crippen LogP contribution in [0.5, 0.6) is 0 Å². The molecule has 2 unspecified atom stereocenters. The van der Waals surface area contributed by atoms with E-state index in [-0.39, 0.29) is 25.6 Å². The SMILES string of the molecule is CCCCC/C=C\C/C=C\CCCCCCCC(=O)OC(COC(=O)CCCCCCCCCCCCCCCCCCCCCCCCCCCCCCCCCCCCCCCCCCC)COP(=O)(O)OCC[N+](C)(C)C. The molecule has 0 spiro atoms. The molecule has 0 heterocycles. The van der Waals surface area contributed by atoms with Gasteiger partial charge >= 0.3 is 19.8 Å². The average Bonchev–Trinajstić information content (AvgIpc) is 3.42. The van der Waals surface area contributed by atoms with Gasteiger partial charge in [0.2, 0.25) is 0 Å². The summed E-state index contributed by atoms with van der Waals surface area (Å²) in [5.74, 6) is -0.797. The predicted octanol–water partition coefficient (Wildman–Crippen LogP) is 22.5. The molecule has 80 heavy (non-hydrogen) atoms. The number of phosphoric acid groups is 1. The first-order valence-electron chi connectivity index (χ1n) is 35.1. The van der Waals surface area contributed by atoms with E-state index < -0.39 is 26.5 Å². The van der Waals surface area contributed by atoms with Crippen LogP contribution in [-0.2, 0) is 32.7 Å². The first-order chi connectivity index (χ1) is 39.0. The number of hydrogen-bond acceptors (Lipinski definition) is 7. The number of quaternary nitrogens is 1. The third kappa shape index (κ3) is 65.6. The smallest absolute Gasteiger partial charge is 0.462 e. The molecule has 0 aliphatic carbocycles. The Labute approximate surface area is 498 Å². The summed E-state index contributed by atoms with van der Waals surface area (Å²) in [6.45, 7) is 4.44. The lowest BCUT2D eigenvalue weighted by molar-refractivity contribution is -0.870. The molecule has 0 aromatic heterocycles. The molecule has 0 radical (unpaired) electrons. The number of rotatable bonds is 66. The Hall–Kier alpha value is -1.51. The van der Waals surface area contributed by atoms with Gasteiger partial charge in [-0.1, -0.05) is 327 Å². The van der Waals surface area contributed by atoms with Crippen LogP contribution in [0, 0.1) is 0 Å². The summed E-state index contributed by atoms with van der Waals surface area (Å²) >= 11 is 0. The zero-order valence-electron chi connectivity index (χ0n) is 54.1. The first-order valence-corrected chi connectivity index (χ1v) is 36.6. The summed E-state index contributed by atoms with van der Waals surface area (Å²) in [6, 6.07) is 0. The van der Waals surface area contributed by atoms with Crippen LogP contribution in [-0.4, -0.2) is 74.9 Å². The molecule has 0 saturated carbocycles. The molecule has 0 rings (SSSR count). The van der Waals surface area contributed by atoms with Crippen LogP contribution in [0.4, 0.5) is 0 Å². The van der Waals surface area contributed by atoms with Crippen molar-refractivity contribution in [1.29, 1.82) is 0 Å². The Kier molecular flexibility index (Phi) is 60.9. The minimum absolute atomic E-state index is 0.0311. The maximum absolute atomic E-state index is 12.8. The molecule has 1 N–H and O–H groups in total. The zero-order valence-corrected chi connectivity index (χ0v) is 55.0. The molecule has 0 amide bonds. The number of carbonyl (C=O) groups is 2. The fourth-order valence-electron chi connectivity index (χ4n) is 10.6. The Morgan fingerprint density at radius 2 is 0.675 bits per heavy atom. The van der Waals surface area contributed by atoms with E-state index in [2.05, 4.69) is 38.2 Å². The number of phosphoric ester groups is 1. The number of ether oxygens (including phenoxy) is 2. The largest absolute Gasteiger partial charge is 0.472 e. The fraction of sp³-hybridized carbons (Fsp3) is 0.914. The molecule has 0 bridgehead atoms. The molecule has 2 atom stereocenters. The minimum atomic E-state index is -4.39. The summed E-state index contributed by atoms with van der Waals surface area (Å²) < 4.78 is 34.6. The molecule has 0 saturated heterocycles. The predicted molar refractivity (Wildman–Crippen MR) is 344 cm³/mol. The standard InChI is InChI=1S/C70H136NO8P/c1-6-8-10-12-14-16-18-20-22-23-24-25-26-27-28-29-30-31-32-33-34-35-36-37-38-39-40-41-42-43-44-45-46-47-49-50-52-54-56-58-60-62-69(72)76-66-68(67-78-80(74,75)77-65-64-71(3,4)5)79-70(73)63-61-59-57-55-53-51-48-21-19-17-15-13-11-9-7-2/h15,17,21,48,68H,6-14,16,18-20,22-47,49-67H2,1-5H3/p+1/b17-15-,48-21-. The number of carbonyl (C=O) groups excluding carboxylic acids is 2. The highest BCUT2D eigenvalue weighted by Gasteiger charge is 2.27. The molecular formula is C70H137NO8P+. The van der Waals surface area contributed by atoms with Crippen LogP contribution in [0.15, 0.2) is 24.3 Å². The van der Waals surface area contributed by atoms with Crippen molar-refractivity contribution in [2.45, 2.75) is 367 Å². The van der Waals surface area contributed by atoms with Crippen molar-refractivity contribution < 1.29 is 42.1 Å². The molecule has 0 aliphatic rings. The molecule has 0 fully saturated rings. The highest BCUT2D eigenvalue weighted by atomic mass is 31.2. The van der Waals surface area contributed by atoms with E-state index in [9.17, 15) is 19.0 Å². The summed E-state index contributed by atoms with van der Waals surface area (Å²) in [4.78, 5) is 35.7. The molecule has 0 aromatic rings. The summed E-state index contributed by atoms with van der Waals surface area (Å²) in [5, 5.41) is 0. The van der Waals surface area contributed by atoms with Crippen LogP contribution in [0.3, 0.4) is 0 Å². The second-order valence-electron chi connectivity index (χ2n) is 25.3. The Morgan fingerprint density at radius 3 is 1.01 bits per heavy atom. The number of allylic oxidation sites excluding steroid dienone is 4. The highest BCUT2D eigenvalue weighted by Crippen LogP contribution is 2.43. The molecule has 474 valence electrons.